The van der Waals surface area contributed by atoms with Crippen molar-refractivity contribution in [2.75, 3.05) is 26.9 Å². The number of halogens is 1. The zero-order valence-corrected chi connectivity index (χ0v) is 26.0. The van der Waals surface area contributed by atoms with Gasteiger partial charge in [-0.1, -0.05) is 18.2 Å². The number of nitrogens with one attached hydrogen (secondary N) is 3. The number of urea groups is 1. The number of hydrazone groups is 1. The van der Waals surface area contributed by atoms with E-state index in [9.17, 15) is 19.1 Å². The Hall–Kier alpha value is -5.30. The summed E-state index contributed by atoms with van der Waals surface area (Å²) < 4.78 is 41.5. The van der Waals surface area contributed by atoms with Crippen LogP contribution in [0.15, 0.2) is 77.0 Å². The molecular weight excluding hydrogens is 599 g/mol. The highest BCUT2D eigenvalue weighted by Gasteiger charge is 2.32. The number of hydrogen-bond donors (Lipinski definition) is 4. The van der Waals surface area contributed by atoms with E-state index in [2.05, 4.69) is 21.2 Å². The first-order valence-corrected chi connectivity index (χ1v) is 14.6. The zero-order valence-electron chi connectivity index (χ0n) is 26.0. The minimum atomic E-state index is -1.18. The summed E-state index contributed by atoms with van der Waals surface area (Å²) in [6, 6.07) is 15.1. The Morgan fingerprint density at radius 3 is 2.43 bits per heavy atom. The van der Waals surface area contributed by atoms with Crippen LogP contribution in [0, 0.1) is 5.82 Å². The second kappa shape index (κ2) is 16.1. The smallest absolute Gasteiger partial charge is 0.337 e. The van der Waals surface area contributed by atoms with Crippen molar-refractivity contribution < 1.29 is 42.8 Å². The maximum atomic E-state index is 13.5. The molecule has 1 heterocycles. The molecule has 2 atom stereocenters. The van der Waals surface area contributed by atoms with Gasteiger partial charge in [0.1, 0.15) is 19.0 Å². The summed E-state index contributed by atoms with van der Waals surface area (Å²) in [7, 11) is 1.27. The molecule has 46 heavy (non-hydrogen) atoms. The Labute approximate surface area is 266 Å². The number of ether oxygens (including phenoxy) is 5. The zero-order chi connectivity index (χ0) is 33.1. The van der Waals surface area contributed by atoms with E-state index >= 15 is 0 Å². The van der Waals surface area contributed by atoms with Crippen molar-refractivity contribution in [2.24, 2.45) is 5.10 Å². The van der Waals surface area contributed by atoms with E-state index in [1.807, 2.05) is 6.92 Å². The van der Waals surface area contributed by atoms with Crippen molar-refractivity contribution in [3.63, 3.8) is 0 Å². The first kappa shape index (κ1) is 33.6. The monoisotopic (exact) mass is 636 g/mol. The van der Waals surface area contributed by atoms with E-state index in [1.165, 1.54) is 25.5 Å². The maximum absolute atomic E-state index is 13.5. The Morgan fingerprint density at radius 1 is 1.00 bits per heavy atom. The maximum Gasteiger partial charge on any atom is 0.337 e. The minimum Gasteiger partial charge on any atom is -0.490 e. The molecule has 3 aromatic carbocycles. The first-order valence-electron chi connectivity index (χ1n) is 14.6. The Balaban J connectivity index is 1.37. The van der Waals surface area contributed by atoms with Crippen molar-refractivity contribution in [1.82, 2.24) is 16.1 Å². The van der Waals surface area contributed by atoms with Crippen molar-refractivity contribution in [2.45, 2.75) is 39.6 Å². The summed E-state index contributed by atoms with van der Waals surface area (Å²) in [4.78, 5) is 24.6. The second-order valence-electron chi connectivity index (χ2n) is 9.97. The predicted octanol–water partition coefficient (Wildman–Crippen LogP) is 4.32. The summed E-state index contributed by atoms with van der Waals surface area (Å²) in [6.07, 6.45) is 0.329. The van der Waals surface area contributed by atoms with Crippen LogP contribution in [-0.4, -0.2) is 56.5 Å². The highest BCUT2D eigenvalue weighted by Crippen LogP contribution is 2.35. The molecule has 4 rings (SSSR count). The first-order chi connectivity index (χ1) is 22.2. The molecule has 0 fully saturated rings. The van der Waals surface area contributed by atoms with Crippen LogP contribution in [0.4, 0.5) is 9.18 Å². The van der Waals surface area contributed by atoms with E-state index in [0.717, 1.165) is 0 Å². The average Bonchev–Trinajstić information content (AvgIpc) is 3.03. The fourth-order valence-corrected chi connectivity index (χ4v) is 4.60. The number of amides is 2. The molecular formula is C33H37FN4O8. The van der Waals surface area contributed by atoms with Crippen molar-refractivity contribution in [3.8, 4) is 23.0 Å². The lowest BCUT2D eigenvalue weighted by atomic mass is 9.95. The SMILES string of the molecule is CCOc1cc(/C=N\N[C@@H](O)COc2ccc([C@H]3NC(=O)NC(C)=C3C(=O)OC)cc2OCC)ccc1OCc1cccc(F)c1. The molecule has 0 spiro atoms. The lowest BCUT2D eigenvalue weighted by Crippen LogP contribution is -2.45. The van der Waals surface area contributed by atoms with E-state index in [-0.39, 0.29) is 24.6 Å². The molecule has 0 aliphatic carbocycles. The van der Waals surface area contributed by atoms with Crippen LogP contribution in [0.25, 0.3) is 0 Å². The van der Waals surface area contributed by atoms with Gasteiger partial charge in [-0.2, -0.15) is 5.10 Å². The van der Waals surface area contributed by atoms with Gasteiger partial charge >= 0.3 is 12.0 Å². The van der Waals surface area contributed by atoms with E-state index < -0.39 is 24.3 Å². The fourth-order valence-electron chi connectivity index (χ4n) is 4.60. The molecule has 0 unspecified atom stereocenters. The standard InChI is InChI=1S/C33H37FN4O8/c1-5-43-27-15-21(10-12-25(27)45-18-22-8-7-9-24(34)14-22)17-35-38-29(39)19-46-26-13-11-23(16-28(26)44-6-2)31-30(32(40)42-4)20(3)36-33(41)37-31/h7-17,29,31,38-39H,5-6,18-19H2,1-4H3,(H2,36,37,41)/b35-17-/t29-,31+/m0/s1. The Bertz CT molecular complexity index is 1600. The molecule has 2 amide bonds. The van der Waals surface area contributed by atoms with Gasteiger partial charge in [0.25, 0.3) is 0 Å². The summed E-state index contributed by atoms with van der Waals surface area (Å²) in [5.74, 6) is 0.766. The highest BCUT2D eigenvalue weighted by molar-refractivity contribution is 5.95. The van der Waals surface area contributed by atoms with Crippen molar-refractivity contribution in [3.05, 3.63) is 94.4 Å². The van der Waals surface area contributed by atoms with Gasteiger partial charge in [-0.15, -0.1) is 0 Å². The molecule has 0 radical (unpaired) electrons. The minimum absolute atomic E-state index is 0.173. The molecule has 0 saturated carbocycles. The number of carbonyl (C=O) groups excluding carboxylic acids is 2. The summed E-state index contributed by atoms with van der Waals surface area (Å²) in [5, 5.41) is 19.9. The number of aliphatic hydroxyl groups is 1. The molecule has 12 nitrogen and oxygen atoms in total. The molecule has 0 saturated heterocycles. The van der Waals surface area contributed by atoms with E-state index in [0.29, 0.717) is 58.6 Å². The number of rotatable bonds is 15. The molecule has 1 aliphatic heterocycles. The topological polar surface area (TPSA) is 149 Å². The summed E-state index contributed by atoms with van der Waals surface area (Å²) >= 11 is 0. The molecule has 244 valence electrons. The van der Waals surface area contributed by atoms with E-state index in [4.69, 9.17) is 23.7 Å². The van der Waals surface area contributed by atoms with Crippen LogP contribution in [0.2, 0.25) is 0 Å². The Morgan fingerprint density at radius 2 is 1.72 bits per heavy atom. The summed E-state index contributed by atoms with van der Waals surface area (Å²) in [5.41, 5.74) is 5.19. The Kier molecular flexibility index (Phi) is 11.8. The van der Waals surface area contributed by atoms with Crippen LogP contribution in [0.5, 0.6) is 23.0 Å². The normalized spacial score (nSPS) is 15.1. The van der Waals surface area contributed by atoms with Gasteiger partial charge in [-0.3, -0.25) is 5.43 Å². The lowest BCUT2D eigenvalue weighted by molar-refractivity contribution is -0.136. The number of methoxy groups -OCH3 is 1. The van der Waals surface area contributed by atoms with Crippen LogP contribution in [0.1, 0.15) is 43.5 Å². The second-order valence-corrected chi connectivity index (χ2v) is 9.97. The number of benzene rings is 3. The van der Waals surface area contributed by atoms with Crippen LogP contribution < -0.4 is 35.0 Å². The number of hydrogen-bond acceptors (Lipinski definition) is 10. The van der Waals surface area contributed by atoms with Crippen molar-refractivity contribution in [1.29, 1.82) is 0 Å². The fraction of sp³-hybridized carbons (Fsp3) is 0.303. The highest BCUT2D eigenvalue weighted by atomic mass is 19.1. The number of esters is 1. The van der Waals surface area contributed by atoms with E-state index in [1.54, 1.807) is 62.4 Å². The van der Waals surface area contributed by atoms with Gasteiger partial charge in [0.05, 0.1) is 38.2 Å². The molecule has 3 aromatic rings. The molecule has 13 heteroatoms. The van der Waals surface area contributed by atoms with Crippen LogP contribution in [0.3, 0.4) is 0 Å². The third-order valence-electron chi connectivity index (χ3n) is 6.66. The van der Waals surface area contributed by atoms with Crippen molar-refractivity contribution >= 4 is 18.2 Å². The largest absolute Gasteiger partial charge is 0.490 e. The molecule has 0 bridgehead atoms. The average molecular weight is 637 g/mol. The molecule has 1 aliphatic rings. The predicted molar refractivity (Wildman–Crippen MR) is 167 cm³/mol. The third-order valence-corrected chi connectivity index (χ3v) is 6.66. The number of aliphatic hydroxyl groups excluding tert-OH is 1. The van der Waals surface area contributed by atoms with Gasteiger partial charge in [-0.25, -0.2) is 14.0 Å². The van der Waals surface area contributed by atoms with Gasteiger partial charge < -0.3 is 39.4 Å². The number of nitrogens with zero attached hydrogens (tertiary/aromatic N) is 1. The van der Waals surface area contributed by atoms with Crippen LogP contribution in [-0.2, 0) is 16.1 Å². The number of allylic oxidation sites excluding steroid dienone is 1. The van der Waals surface area contributed by atoms with Gasteiger partial charge in [-0.05, 0) is 79.9 Å². The lowest BCUT2D eigenvalue weighted by Gasteiger charge is -2.28. The number of carbonyl (C=O) groups is 2. The summed E-state index contributed by atoms with van der Waals surface area (Å²) in [6.45, 7) is 6.00. The van der Waals surface area contributed by atoms with Gasteiger partial charge in [0.2, 0.25) is 0 Å². The molecule has 0 aromatic heterocycles. The van der Waals surface area contributed by atoms with Gasteiger partial charge in [0, 0.05) is 5.70 Å². The molecule has 4 N–H and O–H groups in total. The quantitative estimate of drug-likeness (QED) is 0.0828. The van der Waals surface area contributed by atoms with Gasteiger partial charge in [0.15, 0.2) is 29.2 Å². The van der Waals surface area contributed by atoms with Crippen LogP contribution >= 0.6 is 0 Å². The third kappa shape index (κ3) is 8.88.